The molecule has 2 amide bonds. The number of piperidine rings is 1. The molecule has 0 aromatic carbocycles. The van der Waals surface area contributed by atoms with Gasteiger partial charge in [0.1, 0.15) is 0 Å². The molecule has 1 aromatic heterocycles. The van der Waals surface area contributed by atoms with E-state index in [1.807, 2.05) is 11.8 Å². The molecule has 0 spiro atoms. The van der Waals surface area contributed by atoms with Crippen LogP contribution in [0.2, 0.25) is 0 Å². The third-order valence-corrected chi connectivity index (χ3v) is 6.45. The number of primary amides is 1. The number of nitrogens with zero attached hydrogens (tertiary/aromatic N) is 2. The Morgan fingerprint density at radius 3 is 2.34 bits per heavy atom. The van der Waals surface area contributed by atoms with Crippen molar-refractivity contribution in [3.05, 3.63) is 22.5 Å². The van der Waals surface area contributed by atoms with Gasteiger partial charge in [0.15, 0.2) is 5.78 Å². The molecular formula is C23H35N3O3. The summed E-state index contributed by atoms with van der Waals surface area (Å²) in [5, 5.41) is 0. The molecule has 29 heavy (non-hydrogen) atoms. The lowest BCUT2D eigenvalue weighted by Gasteiger charge is -2.31. The SMILES string of the molecule is Cc1c(CC(=O)N2CCC(C(N)=O)CC2)c2c(n1CC(C)C)CC(C)(C)CC2=O. The maximum absolute atomic E-state index is 13.1. The molecule has 6 nitrogen and oxygen atoms in total. The number of ketones is 1. The first kappa shape index (κ1) is 21.6. The van der Waals surface area contributed by atoms with Gasteiger partial charge in [-0.05, 0) is 43.1 Å². The topological polar surface area (TPSA) is 85.4 Å². The second-order valence-electron chi connectivity index (χ2n) is 10.1. The Morgan fingerprint density at radius 1 is 1.17 bits per heavy atom. The molecule has 2 N–H and O–H groups in total. The van der Waals surface area contributed by atoms with E-state index in [9.17, 15) is 14.4 Å². The molecule has 2 heterocycles. The molecule has 3 rings (SSSR count). The normalized spacial score (nSPS) is 19.5. The van der Waals surface area contributed by atoms with Crippen molar-refractivity contribution in [2.24, 2.45) is 23.0 Å². The summed E-state index contributed by atoms with van der Waals surface area (Å²) in [5.74, 6) is 0.252. The van der Waals surface area contributed by atoms with Crippen LogP contribution in [0.4, 0.5) is 0 Å². The molecule has 1 aliphatic heterocycles. The smallest absolute Gasteiger partial charge is 0.227 e. The van der Waals surface area contributed by atoms with Crippen LogP contribution in [0.1, 0.15) is 74.3 Å². The molecule has 160 valence electrons. The van der Waals surface area contributed by atoms with Crippen LogP contribution in [0.3, 0.4) is 0 Å². The highest BCUT2D eigenvalue weighted by atomic mass is 16.2. The molecule has 0 unspecified atom stereocenters. The van der Waals surface area contributed by atoms with Gasteiger partial charge in [-0.2, -0.15) is 0 Å². The standard InChI is InChI=1S/C23H35N3O3/c1-14(2)13-26-15(3)17(21-18(26)11-23(4,5)12-19(21)27)10-20(28)25-8-6-16(7-9-25)22(24)29/h14,16H,6-13H2,1-5H3,(H2,24,29). The maximum atomic E-state index is 13.1. The molecule has 0 bridgehead atoms. The van der Waals surface area contributed by atoms with E-state index in [1.165, 1.54) is 0 Å². The largest absolute Gasteiger partial charge is 0.369 e. The molecule has 1 fully saturated rings. The molecule has 2 aliphatic rings. The Hall–Kier alpha value is -2.11. The summed E-state index contributed by atoms with van der Waals surface area (Å²) in [6.07, 6.45) is 2.89. The van der Waals surface area contributed by atoms with Crippen LogP contribution in [0.15, 0.2) is 0 Å². The van der Waals surface area contributed by atoms with Gasteiger partial charge in [-0.3, -0.25) is 14.4 Å². The number of Topliss-reactive ketones (excluding diaryl/α,β-unsaturated/α-hetero) is 1. The lowest BCUT2D eigenvalue weighted by Crippen LogP contribution is -2.42. The number of fused-ring (bicyclic) bond motifs is 1. The first-order chi connectivity index (χ1) is 13.5. The van der Waals surface area contributed by atoms with E-state index >= 15 is 0 Å². The number of amides is 2. The lowest BCUT2D eigenvalue weighted by atomic mass is 9.75. The second kappa shape index (κ2) is 7.96. The third kappa shape index (κ3) is 4.41. The molecule has 0 saturated carbocycles. The molecule has 0 radical (unpaired) electrons. The Labute approximate surface area is 173 Å². The predicted octanol–water partition coefficient (Wildman–Crippen LogP) is 2.87. The number of carbonyl (C=O) groups excluding carboxylic acids is 3. The van der Waals surface area contributed by atoms with Crippen LogP contribution >= 0.6 is 0 Å². The van der Waals surface area contributed by atoms with Crippen molar-refractivity contribution >= 4 is 17.6 Å². The van der Waals surface area contributed by atoms with Gasteiger partial charge >= 0.3 is 0 Å². The third-order valence-electron chi connectivity index (χ3n) is 6.45. The van der Waals surface area contributed by atoms with Crippen molar-refractivity contribution in [3.8, 4) is 0 Å². The first-order valence-corrected chi connectivity index (χ1v) is 10.8. The maximum Gasteiger partial charge on any atom is 0.227 e. The average molecular weight is 402 g/mol. The van der Waals surface area contributed by atoms with E-state index in [0.717, 1.165) is 35.5 Å². The number of likely N-dealkylation sites (tertiary alicyclic amines) is 1. The van der Waals surface area contributed by atoms with Gasteiger partial charge in [-0.25, -0.2) is 0 Å². The molecule has 0 atom stereocenters. The minimum Gasteiger partial charge on any atom is -0.369 e. The molecule has 1 aromatic rings. The number of nitrogens with two attached hydrogens (primary N) is 1. The summed E-state index contributed by atoms with van der Waals surface area (Å²) in [4.78, 5) is 39.3. The molecule has 1 saturated heterocycles. The summed E-state index contributed by atoms with van der Waals surface area (Å²) in [5.41, 5.74) is 9.21. The highest BCUT2D eigenvalue weighted by molar-refractivity contribution is 6.01. The monoisotopic (exact) mass is 401 g/mol. The van der Waals surface area contributed by atoms with E-state index in [2.05, 4.69) is 32.3 Å². The number of aromatic nitrogens is 1. The van der Waals surface area contributed by atoms with Crippen LogP contribution in [0.5, 0.6) is 0 Å². The van der Waals surface area contributed by atoms with Crippen LogP contribution in [-0.2, 0) is 29.0 Å². The van der Waals surface area contributed by atoms with Crippen molar-refractivity contribution < 1.29 is 14.4 Å². The molecule has 1 aliphatic carbocycles. The summed E-state index contributed by atoms with van der Waals surface area (Å²) < 4.78 is 2.28. The van der Waals surface area contributed by atoms with Gasteiger partial charge < -0.3 is 15.2 Å². The van der Waals surface area contributed by atoms with Crippen molar-refractivity contribution in [1.29, 1.82) is 0 Å². The van der Waals surface area contributed by atoms with Gasteiger partial charge in [0.05, 0.1) is 6.42 Å². The zero-order valence-electron chi connectivity index (χ0n) is 18.5. The van der Waals surface area contributed by atoms with Gasteiger partial charge in [0.25, 0.3) is 0 Å². The fraction of sp³-hybridized carbons (Fsp3) is 0.696. The Bertz CT molecular complexity index is 827. The number of rotatable bonds is 5. The Kier molecular flexibility index (Phi) is 5.93. The quantitative estimate of drug-likeness (QED) is 0.823. The van der Waals surface area contributed by atoms with Gasteiger partial charge in [-0.15, -0.1) is 0 Å². The average Bonchev–Trinajstić information content (AvgIpc) is 2.86. The fourth-order valence-electron chi connectivity index (χ4n) is 4.91. The van der Waals surface area contributed by atoms with Gasteiger partial charge in [0.2, 0.25) is 11.8 Å². The van der Waals surface area contributed by atoms with Crippen molar-refractivity contribution in [2.75, 3.05) is 13.1 Å². The van der Waals surface area contributed by atoms with Crippen molar-refractivity contribution in [2.45, 2.75) is 73.3 Å². The summed E-state index contributed by atoms with van der Waals surface area (Å²) in [6, 6.07) is 0. The highest BCUT2D eigenvalue weighted by Crippen LogP contribution is 2.39. The van der Waals surface area contributed by atoms with Gasteiger partial charge in [-0.1, -0.05) is 27.7 Å². The zero-order valence-corrected chi connectivity index (χ0v) is 18.5. The Morgan fingerprint density at radius 2 is 1.79 bits per heavy atom. The number of hydrogen-bond acceptors (Lipinski definition) is 3. The van der Waals surface area contributed by atoms with E-state index in [4.69, 9.17) is 5.73 Å². The number of hydrogen-bond donors (Lipinski definition) is 1. The Balaban J connectivity index is 1.88. The van der Waals surface area contributed by atoms with Crippen LogP contribution in [-0.4, -0.2) is 40.2 Å². The molecule has 6 heteroatoms. The van der Waals surface area contributed by atoms with E-state index in [-0.39, 0.29) is 35.4 Å². The predicted molar refractivity (Wildman–Crippen MR) is 113 cm³/mol. The van der Waals surface area contributed by atoms with Crippen molar-refractivity contribution in [3.63, 3.8) is 0 Å². The van der Waals surface area contributed by atoms with E-state index in [0.29, 0.717) is 38.3 Å². The van der Waals surface area contributed by atoms with Crippen LogP contribution in [0, 0.1) is 24.2 Å². The summed E-state index contributed by atoms with van der Waals surface area (Å²) in [6.45, 7) is 12.7. The van der Waals surface area contributed by atoms with Crippen LogP contribution < -0.4 is 5.73 Å². The molecular weight excluding hydrogens is 366 g/mol. The van der Waals surface area contributed by atoms with Crippen molar-refractivity contribution in [1.82, 2.24) is 9.47 Å². The summed E-state index contributed by atoms with van der Waals surface area (Å²) in [7, 11) is 0. The van der Waals surface area contributed by atoms with Crippen LogP contribution in [0.25, 0.3) is 0 Å². The van der Waals surface area contributed by atoms with Gasteiger partial charge in [0, 0.05) is 48.9 Å². The summed E-state index contributed by atoms with van der Waals surface area (Å²) >= 11 is 0. The lowest BCUT2D eigenvalue weighted by molar-refractivity contribution is -0.134. The minimum atomic E-state index is -0.277. The second-order valence-corrected chi connectivity index (χ2v) is 10.1. The van der Waals surface area contributed by atoms with E-state index in [1.54, 1.807) is 0 Å². The fourth-order valence-corrected chi connectivity index (χ4v) is 4.91. The minimum absolute atomic E-state index is 0.0400. The zero-order chi connectivity index (χ0) is 21.5. The number of carbonyl (C=O) groups is 3. The van der Waals surface area contributed by atoms with E-state index < -0.39 is 0 Å². The highest BCUT2D eigenvalue weighted by Gasteiger charge is 2.37. The first-order valence-electron chi connectivity index (χ1n) is 10.8.